The van der Waals surface area contributed by atoms with Crippen LogP contribution in [-0.2, 0) is 0 Å². The van der Waals surface area contributed by atoms with E-state index in [-0.39, 0.29) is 5.43 Å². The lowest BCUT2D eigenvalue weighted by Gasteiger charge is -1.94. The number of aromatic amines is 1. The molecule has 0 spiro atoms. The van der Waals surface area contributed by atoms with Gasteiger partial charge < -0.3 is 9.40 Å². The van der Waals surface area contributed by atoms with E-state index >= 15 is 0 Å². The Balaban J connectivity index is 2.65. The van der Waals surface area contributed by atoms with Gasteiger partial charge in [0.2, 0.25) is 11.1 Å². The molecule has 0 saturated heterocycles. The topological polar surface area (TPSA) is 58.9 Å². The van der Waals surface area contributed by atoms with Crippen molar-refractivity contribution in [3.8, 4) is 0 Å². The number of benzene rings is 1. The molecule has 0 radical (unpaired) electrons. The average molecular weight is 200 g/mol. The lowest BCUT2D eigenvalue weighted by atomic mass is 10.2. The Morgan fingerprint density at radius 1 is 1.33 bits per heavy atom. The molecule has 0 atom stereocenters. The summed E-state index contributed by atoms with van der Waals surface area (Å²) in [6.07, 6.45) is 0. The fourth-order valence-electron chi connectivity index (χ4n) is 1.68. The third kappa shape index (κ3) is 1.08. The standard InChI is InChI=1S/C11H8N2O2/c1-6-12-9-10(14)7-4-2-3-5-8(7)15-11(9)13-6/h2-5H,1H3,(H,12,13). The molecule has 0 unspecified atom stereocenters. The van der Waals surface area contributed by atoms with E-state index in [1.54, 1.807) is 19.1 Å². The summed E-state index contributed by atoms with van der Waals surface area (Å²) in [5, 5.41) is 0.577. The van der Waals surface area contributed by atoms with Crippen LogP contribution in [0.25, 0.3) is 22.2 Å². The van der Waals surface area contributed by atoms with Gasteiger partial charge in [0.25, 0.3) is 0 Å². The van der Waals surface area contributed by atoms with Crippen molar-refractivity contribution in [2.75, 3.05) is 0 Å². The predicted octanol–water partition coefficient (Wildman–Crippen LogP) is 1.98. The van der Waals surface area contributed by atoms with Gasteiger partial charge in [0, 0.05) is 0 Å². The Morgan fingerprint density at radius 3 is 3.00 bits per heavy atom. The second-order valence-corrected chi connectivity index (χ2v) is 3.43. The summed E-state index contributed by atoms with van der Waals surface area (Å²) in [6, 6.07) is 7.15. The van der Waals surface area contributed by atoms with Gasteiger partial charge >= 0.3 is 0 Å². The van der Waals surface area contributed by atoms with Crippen LogP contribution in [0.2, 0.25) is 0 Å². The van der Waals surface area contributed by atoms with E-state index < -0.39 is 0 Å². The van der Waals surface area contributed by atoms with Crippen LogP contribution in [0.4, 0.5) is 0 Å². The van der Waals surface area contributed by atoms with Crippen molar-refractivity contribution < 1.29 is 4.42 Å². The maximum absolute atomic E-state index is 12.0. The predicted molar refractivity (Wildman–Crippen MR) is 56.9 cm³/mol. The zero-order valence-electron chi connectivity index (χ0n) is 8.07. The van der Waals surface area contributed by atoms with Gasteiger partial charge in [-0.25, -0.2) is 0 Å². The molecule has 0 aliphatic rings. The molecule has 0 bridgehead atoms. The molecular weight excluding hydrogens is 192 g/mol. The SMILES string of the molecule is Cc1nc2oc3ccccc3c(=O)c2[nH]1. The molecule has 0 fully saturated rings. The first-order valence-electron chi connectivity index (χ1n) is 4.64. The van der Waals surface area contributed by atoms with E-state index in [4.69, 9.17) is 4.42 Å². The minimum absolute atomic E-state index is 0.0625. The Hall–Kier alpha value is -2.10. The first-order chi connectivity index (χ1) is 7.25. The highest BCUT2D eigenvalue weighted by atomic mass is 16.3. The van der Waals surface area contributed by atoms with Crippen molar-refractivity contribution >= 4 is 22.2 Å². The molecule has 74 valence electrons. The zero-order valence-corrected chi connectivity index (χ0v) is 8.07. The largest absolute Gasteiger partial charge is 0.436 e. The van der Waals surface area contributed by atoms with Crippen LogP contribution >= 0.6 is 0 Å². The smallest absolute Gasteiger partial charge is 0.249 e. The van der Waals surface area contributed by atoms with E-state index in [1.807, 2.05) is 12.1 Å². The first kappa shape index (κ1) is 8.23. The van der Waals surface area contributed by atoms with E-state index in [1.165, 1.54) is 0 Å². The molecule has 0 saturated carbocycles. The van der Waals surface area contributed by atoms with Crippen LogP contribution < -0.4 is 5.43 Å². The normalized spacial score (nSPS) is 11.3. The fraction of sp³-hybridized carbons (Fsp3) is 0.0909. The summed E-state index contributed by atoms with van der Waals surface area (Å²) < 4.78 is 5.51. The number of rotatable bonds is 0. The molecule has 0 aliphatic heterocycles. The maximum atomic E-state index is 12.0. The zero-order chi connectivity index (χ0) is 10.4. The summed E-state index contributed by atoms with van der Waals surface area (Å²) in [7, 11) is 0. The molecule has 2 aromatic heterocycles. The first-order valence-corrected chi connectivity index (χ1v) is 4.64. The minimum atomic E-state index is -0.0625. The molecule has 3 rings (SSSR count). The van der Waals surface area contributed by atoms with E-state index in [2.05, 4.69) is 9.97 Å². The molecule has 0 aliphatic carbocycles. The fourth-order valence-corrected chi connectivity index (χ4v) is 1.68. The Bertz CT molecular complexity index is 709. The second-order valence-electron chi connectivity index (χ2n) is 3.43. The van der Waals surface area contributed by atoms with Crippen molar-refractivity contribution in [1.29, 1.82) is 0 Å². The lowest BCUT2D eigenvalue weighted by Crippen LogP contribution is -2.01. The van der Waals surface area contributed by atoms with Gasteiger partial charge in [-0.15, -0.1) is 0 Å². The highest BCUT2D eigenvalue weighted by Gasteiger charge is 2.09. The highest BCUT2D eigenvalue weighted by Crippen LogP contribution is 2.15. The molecule has 3 aromatic rings. The quantitative estimate of drug-likeness (QED) is 0.603. The van der Waals surface area contributed by atoms with Crippen molar-refractivity contribution in [1.82, 2.24) is 9.97 Å². The molecule has 0 amide bonds. The third-order valence-corrected chi connectivity index (χ3v) is 2.35. The number of nitrogens with one attached hydrogen (secondary N) is 1. The van der Waals surface area contributed by atoms with Crippen LogP contribution in [0.15, 0.2) is 33.5 Å². The Labute approximate surface area is 84.6 Å². The summed E-state index contributed by atoms with van der Waals surface area (Å²) >= 11 is 0. The summed E-state index contributed by atoms with van der Waals surface area (Å²) in [4.78, 5) is 19.0. The van der Waals surface area contributed by atoms with Gasteiger partial charge in [0.1, 0.15) is 11.4 Å². The number of fused-ring (bicyclic) bond motifs is 2. The number of nitrogens with zero attached hydrogens (tertiary/aromatic N) is 1. The number of imidazole rings is 1. The van der Waals surface area contributed by atoms with Gasteiger partial charge in [-0.2, -0.15) is 4.98 Å². The molecule has 1 aromatic carbocycles. The number of para-hydroxylation sites is 1. The van der Waals surface area contributed by atoms with Gasteiger partial charge in [-0.3, -0.25) is 4.79 Å². The number of aryl methyl sites for hydroxylation is 1. The molecule has 4 nitrogen and oxygen atoms in total. The number of aromatic nitrogens is 2. The number of hydrogen-bond acceptors (Lipinski definition) is 3. The van der Waals surface area contributed by atoms with Crippen molar-refractivity contribution in [2.45, 2.75) is 6.92 Å². The van der Waals surface area contributed by atoms with Gasteiger partial charge in [-0.1, -0.05) is 12.1 Å². The van der Waals surface area contributed by atoms with Gasteiger partial charge in [0.15, 0.2) is 5.52 Å². The van der Waals surface area contributed by atoms with Crippen LogP contribution in [-0.4, -0.2) is 9.97 Å². The average Bonchev–Trinajstić information content (AvgIpc) is 2.59. The molecule has 2 heterocycles. The third-order valence-electron chi connectivity index (χ3n) is 2.35. The molecule has 15 heavy (non-hydrogen) atoms. The monoisotopic (exact) mass is 200 g/mol. The number of H-pyrrole nitrogens is 1. The Morgan fingerprint density at radius 2 is 2.13 bits per heavy atom. The van der Waals surface area contributed by atoms with Crippen molar-refractivity contribution in [3.63, 3.8) is 0 Å². The van der Waals surface area contributed by atoms with Gasteiger partial charge in [0.05, 0.1) is 5.39 Å². The van der Waals surface area contributed by atoms with Gasteiger partial charge in [-0.05, 0) is 19.1 Å². The van der Waals surface area contributed by atoms with E-state index in [9.17, 15) is 4.79 Å². The molecule has 4 heteroatoms. The van der Waals surface area contributed by atoms with E-state index in [0.717, 1.165) is 0 Å². The minimum Gasteiger partial charge on any atom is -0.436 e. The maximum Gasteiger partial charge on any atom is 0.249 e. The van der Waals surface area contributed by atoms with Crippen LogP contribution in [0.1, 0.15) is 5.82 Å². The Kier molecular flexibility index (Phi) is 1.48. The van der Waals surface area contributed by atoms with Crippen molar-refractivity contribution in [3.05, 3.63) is 40.3 Å². The lowest BCUT2D eigenvalue weighted by molar-refractivity contribution is 0.646. The van der Waals surface area contributed by atoms with E-state index in [0.29, 0.717) is 28.0 Å². The molecular formula is C11H8N2O2. The van der Waals surface area contributed by atoms with Crippen LogP contribution in [0, 0.1) is 6.92 Å². The second kappa shape index (κ2) is 2.70. The van der Waals surface area contributed by atoms with Crippen LogP contribution in [0.5, 0.6) is 0 Å². The summed E-state index contributed by atoms with van der Waals surface area (Å²) in [5.41, 5.74) is 1.32. The van der Waals surface area contributed by atoms with Crippen molar-refractivity contribution in [2.24, 2.45) is 0 Å². The summed E-state index contributed by atoms with van der Waals surface area (Å²) in [6.45, 7) is 1.79. The molecule has 1 N–H and O–H groups in total. The number of hydrogen-bond donors (Lipinski definition) is 1. The summed E-state index contributed by atoms with van der Waals surface area (Å²) in [5.74, 6) is 0.682. The highest BCUT2D eigenvalue weighted by molar-refractivity contribution is 5.86. The van der Waals surface area contributed by atoms with Crippen LogP contribution in [0.3, 0.4) is 0 Å².